The molecule has 2 fully saturated rings. The van der Waals surface area contributed by atoms with Crippen molar-refractivity contribution in [2.75, 3.05) is 6.54 Å². The van der Waals surface area contributed by atoms with Crippen molar-refractivity contribution in [3.63, 3.8) is 0 Å². The molecule has 2 aliphatic rings. The average molecular weight is 261 g/mol. The van der Waals surface area contributed by atoms with Crippen LogP contribution in [0.3, 0.4) is 0 Å². The molecule has 0 heterocycles. The molecule has 0 saturated heterocycles. The lowest BCUT2D eigenvalue weighted by Crippen LogP contribution is -2.50. The maximum Gasteiger partial charge on any atom is 0.277 e. The van der Waals surface area contributed by atoms with Gasteiger partial charge in [0.1, 0.15) is 0 Å². The fourth-order valence-corrected chi connectivity index (χ4v) is 3.96. The van der Waals surface area contributed by atoms with Crippen molar-refractivity contribution >= 4 is 10.2 Å². The summed E-state index contributed by atoms with van der Waals surface area (Å²) in [5, 5.41) is 0. The van der Waals surface area contributed by atoms with Crippen LogP contribution in [0.4, 0.5) is 0 Å². The quantitative estimate of drug-likeness (QED) is 0.650. The van der Waals surface area contributed by atoms with Crippen LogP contribution in [-0.2, 0) is 10.2 Å². The van der Waals surface area contributed by atoms with Gasteiger partial charge < -0.3 is 5.73 Å². The number of nitrogens with one attached hydrogen (secondary N) is 2. The zero-order valence-corrected chi connectivity index (χ0v) is 11.0. The molecule has 2 saturated carbocycles. The zero-order valence-electron chi connectivity index (χ0n) is 10.2. The summed E-state index contributed by atoms with van der Waals surface area (Å²) in [6.07, 6.45) is 7.75. The Balaban J connectivity index is 1.88. The Hall–Kier alpha value is -0.170. The predicted molar refractivity (Wildman–Crippen MR) is 67.6 cm³/mol. The van der Waals surface area contributed by atoms with Crippen LogP contribution in [-0.4, -0.2) is 27.0 Å². The van der Waals surface area contributed by atoms with Gasteiger partial charge in [-0.25, -0.2) is 0 Å². The van der Waals surface area contributed by atoms with Crippen molar-refractivity contribution in [3.05, 3.63) is 0 Å². The summed E-state index contributed by atoms with van der Waals surface area (Å²) in [5.41, 5.74) is 5.70. The maximum absolute atomic E-state index is 11.8. The molecular weight excluding hydrogens is 238 g/mol. The third-order valence-corrected chi connectivity index (χ3v) is 4.94. The molecule has 1 unspecified atom stereocenters. The van der Waals surface area contributed by atoms with E-state index in [9.17, 15) is 8.42 Å². The van der Waals surface area contributed by atoms with Gasteiger partial charge in [0.25, 0.3) is 10.2 Å². The normalized spacial score (nSPS) is 24.8. The van der Waals surface area contributed by atoms with Crippen LogP contribution in [0.25, 0.3) is 0 Å². The first-order chi connectivity index (χ1) is 8.11. The first-order valence-corrected chi connectivity index (χ1v) is 8.08. The first kappa shape index (κ1) is 13.3. The number of hydrogen-bond donors (Lipinski definition) is 3. The minimum absolute atomic E-state index is 0.105. The number of hydrogen-bond acceptors (Lipinski definition) is 3. The van der Waals surface area contributed by atoms with Gasteiger partial charge in [-0.3, -0.25) is 0 Å². The topological polar surface area (TPSA) is 84.2 Å². The highest BCUT2D eigenvalue weighted by molar-refractivity contribution is 7.87. The summed E-state index contributed by atoms with van der Waals surface area (Å²) < 4.78 is 29.0. The number of rotatable bonds is 6. The van der Waals surface area contributed by atoms with Crippen LogP contribution in [0.2, 0.25) is 0 Å². The Kier molecular flexibility index (Phi) is 4.41. The van der Waals surface area contributed by atoms with Crippen molar-refractivity contribution in [2.45, 2.75) is 57.0 Å². The largest absolute Gasteiger partial charge is 0.329 e. The lowest BCUT2D eigenvalue weighted by Gasteiger charge is -2.29. The van der Waals surface area contributed by atoms with E-state index in [2.05, 4.69) is 9.44 Å². The summed E-state index contributed by atoms with van der Waals surface area (Å²) in [4.78, 5) is 0. The SMILES string of the molecule is NCC(NS(=O)(=O)NC1CC1)C1CCCCC1. The van der Waals surface area contributed by atoms with E-state index in [0.717, 1.165) is 25.7 Å². The third-order valence-electron chi connectivity index (χ3n) is 3.68. The summed E-state index contributed by atoms with van der Waals surface area (Å²) in [7, 11) is -3.36. The highest BCUT2D eigenvalue weighted by Crippen LogP contribution is 2.26. The van der Waals surface area contributed by atoms with Gasteiger partial charge in [-0.2, -0.15) is 17.9 Å². The van der Waals surface area contributed by atoms with Crippen LogP contribution >= 0.6 is 0 Å². The van der Waals surface area contributed by atoms with Crippen molar-refractivity contribution in [2.24, 2.45) is 11.7 Å². The van der Waals surface area contributed by atoms with Crippen LogP contribution in [0.15, 0.2) is 0 Å². The van der Waals surface area contributed by atoms with Crippen LogP contribution < -0.4 is 15.2 Å². The second-order valence-corrected chi connectivity index (χ2v) is 6.73. The monoisotopic (exact) mass is 261 g/mol. The molecule has 2 rings (SSSR count). The van der Waals surface area contributed by atoms with E-state index in [1.54, 1.807) is 0 Å². The van der Waals surface area contributed by atoms with E-state index in [1.807, 2.05) is 0 Å². The lowest BCUT2D eigenvalue weighted by molar-refractivity contribution is 0.293. The second-order valence-electron chi connectivity index (χ2n) is 5.25. The summed E-state index contributed by atoms with van der Waals surface area (Å²) >= 11 is 0. The Morgan fingerprint density at radius 1 is 1.12 bits per heavy atom. The molecule has 100 valence electrons. The molecule has 5 nitrogen and oxygen atoms in total. The average Bonchev–Trinajstić information content (AvgIpc) is 3.10. The fourth-order valence-electron chi connectivity index (χ4n) is 2.53. The first-order valence-electron chi connectivity index (χ1n) is 6.60. The molecule has 0 bridgehead atoms. The van der Waals surface area contributed by atoms with E-state index < -0.39 is 10.2 Å². The summed E-state index contributed by atoms with van der Waals surface area (Å²) in [5.74, 6) is 0.407. The third kappa shape index (κ3) is 4.21. The molecule has 0 aromatic carbocycles. The van der Waals surface area contributed by atoms with Gasteiger partial charge in [-0.15, -0.1) is 0 Å². The molecule has 0 aromatic rings. The van der Waals surface area contributed by atoms with E-state index in [4.69, 9.17) is 5.73 Å². The van der Waals surface area contributed by atoms with Gasteiger partial charge in [-0.1, -0.05) is 19.3 Å². The Labute approximate surface area is 104 Å². The highest BCUT2D eigenvalue weighted by Gasteiger charge is 2.30. The summed E-state index contributed by atoms with van der Waals surface area (Å²) in [6, 6.07) is 0.0452. The van der Waals surface area contributed by atoms with Gasteiger partial charge in [0.2, 0.25) is 0 Å². The van der Waals surface area contributed by atoms with Gasteiger partial charge >= 0.3 is 0 Å². The van der Waals surface area contributed by atoms with Gasteiger partial charge in [0.15, 0.2) is 0 Å². The Bertz CT molecular complexity index is 335. The minimum Gasteiger partial charge on any atom is -0.329 e. The molecule has 0 spiro atoms. The van der Waals surface area contributed by atoms with Crippen molar-refractivity contribution in [1.29, 1.82) is 0 Å². The van der Waals surface area contributed by atoms with Gasteiger partial charge in [0.05, 0.1) is 0 Å². The zero-order chi connectivity index (χ0) is 12.3. The highest BCUT2D eigenvalue weighted by atomic mass is 32.2. The molecular formula is C11H23N3O2S. The fraction of sp³-hybridized carbons (Fsp3) is 1.00. The molecule has 1 atom stereocenters. The minimum atomic E-state index is -3.36. The van der Waals surface area contributed by atoms with Crippen molar-refractivity contribution in [3.8, 4) is 0 Å². The van der Waals surface area contributed by atoms with Gasteiger partial charge in [-0.05, 0) is 31.6 Å². The Morgan fingerprint density at radius 2 is 1.76 bits per heavy atom. The van der Waals surface area contributed by atoms with Crippen LogP contribution in [0, 0.1) is 5.92 Å². The second kappa shape index (κ2) is 5.65. The number of nitrogens with two attached hydrogens (primary N) is 1. The van der Waals surface area contributed by atoms with E-state index >= 15 is 0 Å². The molecule has 0 radical (unpaired) electrons. The molecule has 0 aliphatic heterocycles. The lowest BCUT2D eigenvalue weighted by atomic mass is 9.84. The predicted octanol–water partition coefficient (Wildman–Crippen LogP) is 0.480. The molecule has 6 heteroatoms. The maximum atomic E-state index is 11.8. The molecule has 0 amide bonds. The standard InChI is InChI=1S/C11H23N3O2S/c12-8-11(9-4-2-1-3-5-9)14-17(15,16)13-10-6-7-10/h9-11,13-14H,1-8,12H2. The summed E-state index contributed by atoms with van der Waals surface area (Å²) in [6.45, 7) is 0.385. The molecule has 4 N–H and O–H groups in total. The van der Waals surface area contributed by atoms with E-state index in [-0.39, 0.29) is 12.1 Å². The molecule has 0 aromatic heterocycles. The van der Waals surface area contributed by atoms with E-state index in [0.29, 0.717) is 12.5 Å². The van der Waals surface area contributed by atoms with Crippen molar-refractivity contribution < 1.29 is 8.42 Å². The molecule has 17 heavy (non-hydrogen) atoms. The van der Waals surface area contributed by atoms with Gasteiger partial charge in [0, 0.05) is 18.6 Å². The smallest absolute Gasteiger partial charge is 0.277 e. The van der Waals surface area contributed by atoms with Crippen LogP contribution in [0.5, 0.6) is 0 Å². The molecule has 2 aliphatic carbocycles. The van der Waals surface area contributed by atoms with Crippen LogP contribution in [0.1, 0.15) is 44.9 Å². The Morgan fingerprint density at radius 3 is 2.29 bits per heavy atom. The van der Waals surface area contributed by atoms with Crippen molar-refractivity contribution in [1.82, 2.24) is 9.44 Å². The van der Waals surface area contributed by atoms with E-state index in [1.165, 1.54) is 19.3 Å².